The minimum absolute atomic E-state index is 0.272. The van der Waals surface area contributed by atoms with Crippen LogP contribution in [0.25, 0.3) is 0 Å². The lowest BCUT2D eigenvalue weighted by Gasteiger charge is -2.21. The Morgan fingerprint density at radius 1 is 1.00 bits per heavy atom. The Morgan fingerprint density at radius 3 is 1.73 bits per heavy atom. The van der Waals surface area contributed by atoms with Gasteiger partial charge in [0.25, 0.3) is 11.8 Å². The number of hydrogen-bond donors (Lipinski definition) is 0. The number of nitrogens with zero attached hydrogens (tertiary/aromatic N) is 2. The van der Waals surface area contributed by atoms with E-state index >= 15 is 0 Å². The zero-order valence-corrected chi connectivity index (χ0v) is 6.59. The number of rotatable bonds is 0. The van der Waals surface area contributed by atoms with E-state index in [1.807, 2.05) is 0 Å². The molecule has 5 nitrogen and oxygen atoms in total. The quantitative estimate of drug-likeness (QED) is 0.419. The fourth-order valence-electron chi connectivity index (χ4n) is 0.559. The van der Waals surface area contributed by atoms with E-state index in [1.54, 1.807) is 0 Å². The van der Waals surface area contributed by atoms with Crippen molar-refractivity contribution in [3.8, 4) is 0 Å². The maximum Gasteiger partial charge on any atom is 0.363 e. The number of carbonyl (C=O) groups is 3. The number of hydrogen-bond acceptors (Lipinski definition) is 3. The van der Waals surface area contributed by atoms with Gasteiger partial charge in [-0.05, 0) is 0 Å². The first-order chi connectivity index (χ1) is 5.04. The highest BCUT2D eigenvalue weighted by molar-refractivity contribution is 6.41. The molecule has 1 aliphatic heterocycles. The molecule has 0 radical (unpaired) electrons. The molecule has 11 heavy (non-hydrogen) atoms. The summed E-state index contributed by atoms with van der Waals surface area (Å²) in [4.78, 5) is 31.9. The second-order valence-corrected chi connectivity index (χ2v) is 2.48. The number of barbiturate groups is 1. The van der Waals surface area contributed by atoms with Crippen LogP contribution in [0.2, 0.25) is 0 Å². The van der Waals surface area contributed by atoms with E-state index in [1.165, 1.54) is 0 Å². The summed E-state index contributed by atoms with van der Waals surface area (Å²) in [6, 6.07) is -1.03. The largest absolute Gasteiger partial charge is 0.363 e. The average Bonchev–Trinajstić information content (AvgIpc) is 1.97. The highest BCUT2D eigenvalue weighted by atomic mass is 35.5. The van der Waals surface area contributed by atoms with E-state index in [2.05, 4.69) is 0 Å². The molecule has 0 N–H and O–H groups in total. The number of carbonyl (C=O) groups excluding carboxylic acids is 3. The van der Waals surface area contributed by atoms with E-state index in [-0.39, 0.29) is 8.84 Å². The van der Waals surface area contributed by atoms with Crippen molar-refractivity contribution < 1.29 is 14.4 Å². The highest BCUT2D eigenvalue weighted by Gasteiger charge is 2.36. The molecule has 1 fully saturated rings. The van der Waals surface area contributed by atoms with Gasteiger partial charge in [0, 0.05) is 23.6 Å². The van der Waals surface area contributed by atoms with Crippen LogP contribution in [0.1, 0.15) is 6.42 Å². The molecule has 0 bridgehead atoms. The van der Waals surface area contributed by atoms with Crippen LogP contribution < -0.4 is 0 Å². The van der Waals surface area contributed by atoms with Gasteiger partial charge in [-0.3, -0.25) is 9.59 Å². The summed E-state index contributed by atoms with van der Waals surface area (Å²) in [5, 5.41) is 0. The van der Waals surface area contributed by atoms with Gasteiger partial charge in [-0.1, -0.05) is 0 Å². The SMILES string of the molecule is O=C1CC(=O)N(Cl)C(=O)N1Cl. The number of urea groups is 1. The van der Waals surface area contributed by atoms with Crippen LogP contribution in [0, 0.1) is 0 Å². The van der Waals surface area contributed by atoms with Crippen molar-refractivity contribution in [3.63, 3.8) is 0 Å². The number of amides is 4. The van der Waals surface area contributed by atoms with Crippen molar-refractivity contribution in [2.75, 3.05) is 0 Å². The first-order valence-corrected chi connectivity index (χ1v) is 3.23. The molecule has 0 aromatic heterocycles. The van der Waals surface area contributed by atoms with Gasteiger partial charge < -0.3 is 0 Å². The predicted octanol–water partition coefficient (Wildman–Crippen LogP) is 0.475. The van der Waals surface area contributed by atoms with Gasteiger partial charge in [-0.15, -0.1) is 0 Å². The van der Waals surface area contributed by atoms with Crippen molar-refractivity contribution in [3.05, 3.63) is 0 Å². The summed E-state index contributed by atoms with van der Waals surface area (Å²) in [6.07, 6.45) is -0.473. The molecule has 0 unspecified atom stereocenters. The maximum atomic E-state index is 10.7. The topological polar surface area (TPSA) is 57.7 Å². The Labute approximate surface area is 71.7 Å². The Bertz CT molecular complexity index is 219. The van der Waals surface area contributed by atoms with Crippen molar-refractivity contribution in [2.45, 2.75) is 6.42 Å². The van der Waals surface area contributed by atoms with Gasteiger partial charge in [0.1, 0.15) is 6.42 Å². The molecular formula is C4H2Cl2N2O3. The monoisotopic (exact) mass is 196 g/mol. The Morgan fingerprint density at radius 2 is 1.36 bits per heavy atom. The summed E-state index contributed by atoms with van der Waals surface area (Å²) < 4.78 is 0.544. The van der Waals surface area contributed by atoms with Crippen LogP contribution in [0.5, 0.6) is 0 Å². The Balaban J connectivity index is 2.87. The van der Waals surface area contributed by atoms with E-state index < -0.39 is 24.3 Å². The van der Waals surface area contributed by atoms with Crippen LogP contribution in [-0.4, -0.2) is 26.7 Å². The van der Waals surface area contributed by atoms with Gasteiger partial charge in [-0.2, -0.15) is 8.84 Å². The van der Waals surface area contributed by atoms with Gasteiger partial charge >= 0.3 is 6.03 Å². The summed E-state index contributed by atoms with van der Waals surface area (Å²) in [7, 11) is 0. The molecule has 1 rings (SSSR count). The second-order valence-electron chi connectivity index (χ2n) is 1.81. The second kappa shape index (κ2) is 2.67. The summed E-state index contributed by atoms with van der Waals surface area (Å²) in [5.41, 5.74) is 0. The molecule has 0 atom stereocenters. The molecular weight excluding hydrogens is 195 g/mol. The first kappa shape index (κ1) is 8.29. The van der Waals surface area contributed by atoms with E-state index in [0.29, 0.717) is 0 Å². The van der Waals surface area contributed by atoms with Gasteiger partial charge in [0.05, 0.1) is 0 Å². The van der Waals surface area contributed by atoms with E-state index in [4.69, 9.17) is 23.6 Å². The molecule has 1 saturated heterocycles. The standard InChI is InChI=1S/C4H2Cl2N2O3/c5-7-2(9)1-3(10)8(6)4(7)11/h1H2. The van der Waals surface area contributed by atoms with E-state index in [9.17, 15) is 14.4 Å². The number of imide groups is 2. The van der Waals surface area contributed by atoms with Gasteiger partial charge in [0.15, 0.2) is 0 Å². The van der Waals surface area contributed by atoms with Crippen LogP contribution in [0.3, 0.4) is 0 Å². The third kappa shape index (κ3) is 1.29. The first-order valence-electron chi connectivity index (χ1n) is 2.55. The van der Waals surface area contributed by atoms with Crippen LogP contribution in [0.15, 0.2) is 0 Å². The third-order valence-electron chi connectivity index (χ3n) is 1.08. The molecule has 0 aliphatic carbocycles. The van der Waals surface area contributed by atoms with Gasteiger partial charge in [-0.25, -0.2) is 4.79 Å². The van der Waals surface area contributed by atoms with Crippen molar-refractivity contribution in [2.24, 2.45) is 0 Å². The molecule has 0 spiro atoms. The van der Waals surface area contributed by atoms with Crippen molar-refractivity contribution in [1.82, 2.24) is 8.84 Å². The normalized spacial score (nSPS) is 19.6. The van der Waals surface area contributed by atoms with Crippen molar-refractivity contribution in [1.29, 1.82) is 0 Å². The lowest BCUT2D eigenvalue weighted by molar-refractivity contribution is -0.136. The number of halogens is 2. The molecule has 0 aromatic rings. The zero-order valence-electron chi connectivity index (χ0n) is 5.08. The third-order valence-corrected chi connectivity index (χ3v) is 1.74. The predicted molar refractivity (Wildman–Crippen MR) is 35.4 cm³/mol. The average molecular weight is 197 g/mol. The van der Waals surface area contributed by atoms with E-state index in [0.717, 1.165) is 0 Å². The fourth-order valence-corrected chi connectivity index (χ4v) is 0.868. The maximum absolute atomic E-state index is 10.7. The highest BCUT2D eigenvalue weighted by Crippen LogP contribution is 2.15. The summed E-state index contributed by atoms with van der Waals surface area (Å²) in [6.45, 7) is 0. The minimum Gasteiger partial charge on any atom is -0.272 e. The molecule has 1 heterocycles. The lowest BCUT2D eigenvalue weighted by Crippen LogP contribution is -2.46. The van der Waals surface area contributed by atoms with Gasteiger partial charge in [0.2, 0.25) is 0 Å². The van der Waals surface area contributed by atoms with Crippen LogP contribution in [-0.2, 0) is 9.59 Å². The molecule has 60 valence electrons. The van der Waals surface area contributed by atoms with Crippen LogP contribution >= 0.6 is 23.6 Å². The fraction of sp³-hybridized carbons (Fsp3) is 0.250. The molecule has 0 aromatic carbocycles. The van der Waals surface area contributed by atoms with Crippen LogP contribution in [0.4, 0.5) is 4.79 Å². The summed E-state index contributed by atoms with van der Waals surface area (Å²) >= 11 is 10.3. The Kier molecular flexibility index (Phi) is 2.01. The molecule has 1 aliphatic rings. The molecule has 4 amide bonds. The lowest BCUT2D eigenvalue weighted by atomic mass is 10.3. The Hall–Kier alpha value is -0.810. The van der Waals surface area contributed by atoms with Crippen molar-refractivity contribution >= 4 is 41.4 Å². The zero-order chi connectivity index (χ0) is 8.59. The molecule has 0 saturated carbocycles. The minimum atomic E-state index is -1.03. The summed E-state index contributed by atoms with van der Waals surface area (Å²) in [5.74, 6) is -1.53. The smallest absolute Gasteiger partial charge is 0.272 e. The molecule has 7 heteroatoms.